The predicted molar refractivity (Wildman–Crippen MR) is 77.8 cm³/mol. The Morgan fingerprint density at radius 1 is 1.24 bits per heavy atom. The van der Waals surface area contributed by atoms with Gasteiger partial charge in [0.2, 0.25) is 5.91 Å². The summed E-state index contributed by atoms with van der Waals surface area (Å²) in [7, 11) is 0. The molecule has 0 bridgehead atoms. The van der Waals surface area contributed by atoms with E-state index in [1.54, 1.807) is 39.8 Å². The molecule has 3 N–H and O–H groups in total. The molecule has 7 heteroatoms. The largest absolute Gasteiger partial charge is 0.480 e. The zero-order chi connectivity index (χ0) is 16.6. The lowest BCUT2D eigenvalue weighted by Crippen LogP contribution is -2.50. The fourth-order valence-corrected chi connectivity index (χ4v) is 1.34. The minimum Gasteiger partial charge on any atom is -0.480 e. The van der Waals surface area contributed by atoms with Gasteiger partial charge in [0.15, 0.2) is 0 Å². The fraction of sp³-hybridized carbons (Fsp3) is 0.643. The van der Waals surface area contributed by atoms with Crippen LogP contribution in [0.2, 0.25) is 0 Å². The molecule has 0 radical (unpaired) electrons. The van der Waals surface area contributed by atoms with Crippen LogP contribution >= 0.6 is 0 Å². The highest BCUT2D eigenvalue weighted by Gasteiger charge is 2.24. The van der Waals surface area contributed by atoms with Crippen molar-refractivity contribution in [1.29, 1.82) is 0 Å². The van der Waals surface area contributed by atoms with Crippen LogP contribution < -0.4 is 10.6 Å². The summed E-state index contributed by atoms with van der Waals surface area (Å²) < 4.78 is 5.02. The van der Waals surface area contributed by atoms with Gasteiger partial charge < -0.3 is 20.5 Å². The lowest BCUT2D eigenvalue weighted by molar-refractivity contribution is -0.141. The Balaban J connectivity index is 4.49. The number of aliphatic carboxylic acids is 1. The summed E-state index contributed by atoms with van der Waals surface area (Å²) >= 11 is 0. The number of carbonyl (C=O) groups excluding carboxylic acids is 2. The van der Waals surface area contributed by atoms with Crippen LogP contribution in [-0.4, -0.2) is 40.8 Å². The van der Waals surface area contributed by atoms with Crippen molar-refractivity contribution in [3.63, 3.8) is 0 Å². The highest BCUT2D eigenvalue weighted by Crippen LogP contribution is 2.06. The van der Waals surface area contributed by atoms with Gasteiger partial charge in [-0.05, 0) is 41.0 Å². The van der Waals surface area contributed by atoms with E-state index in [0.717, 1.165) is 0 Å². The first-order valence-corrected chi connectivity index (χ1v) is 6.70. The first kappa shape index (κ1) is 18.9. The second kappa shape index (κ2) is 8.28. The molecule has 0 saturated carbocycles. The van der Waals surface area contributed by atoms with Crippen molar-refractivity contribution in [2.75, 3.05) is 0 Å². The summed E-state index contributed by atoms with van der Waals surface area (Å²) in [6, 6.07) is -1.93. The summed E-state index contributed by atoms with van der Waals surface area (Å²) in [5.41, 5.74) is -0.671. The SMILES string of the molecule is CC=CC[C@H](NC(=O)[C@H](C)NC(=O)OC(C)(C)C)C(=O)O. The van der Waals surface area contributed by atoms with E-state index in [-0.39, 0.29) is 6.42 Å². The third-order valence-corrected chi connectivity index (χ3v) is 2.35. The molecule has 0 saturated heterocycles. The van der Waals surface area contributed by atoms with Crippen LogP contribution in [0.3, 0.4) is 0 Å². The van der Waals surface area contributed by atoms with Crippen molar-refractivity contribution >= 4 is 18.0 Å². The number of hydrogen-bond acceptors (Lipinski definition) is 4. The van der Waals surface area contributed by atoms with Crippen molar-refractivity contribution < 1.29 is 24.2 Å². The Hall–Kier alpha value is -2.05. The maximum atomic E-state index is 11.9. The minimum atomic E-state index is -1.13. The summed E-state index contributed by atoms with van der Waals surface area (Å²) in [4.78, 5) is 34.4. The average molecular weight is 300 g/mol. The zero-order valence-electron chi connectivity index (χ0n) is 13.1. The van der Waals surface area contributed by atoms with Crippen molar-refractivity contribution in [3.8, 4) is 0 Å². The summed E-state index contributed by atoms with van der Waals surface area (Å²) in [6.45, 7) is 8.32. The molecule has 0 aromatic rings. The molecule has 0 unspecified atom stereocenters. The molecule has 0 aliphatic heterocycles. The molecule has 0 aliphatic carbocycles. The number of ether oxygens (including phenoxy) is 1. The highest BCUT2D eigenvalue weighted by molar-refractivity contribution is 5.89. The zero-order valence-corrected chi connectivity index (χ0v) is 13.1. The first-order valence-electron chi connectivity index (χ1n) is 6.70. The van der Waals surface area contributed by atoms with E-state index in [1.807, 2.05) is 0 Å². The fourth-order valence-electron chi connectivity index (χ4n) is 1.34. The Bertz CT molecular complexity index is 412. The van der Waals surface area contributed by atoms with E-state index < -0.39 is 35.7 Å². The number of carboxylic acids is 1. The average Bonchev–Trinajstić information content (AvgIpc) is 2.30. The van der Waals surface area contributed by atoms with Gasteiger partial charge in [-0.3, -0.25) is 4.79 Å². The number of hydrogen-bond donors (Lipinski definition) is 3. The molecule has 21 heavy (non-hydrogen) atoms. The maximum Gasteiger partial charge on any atom is 0.408 e. The normalized spacial score (nSPS) is 14.3. The third-order valence-electron chi connectivity index (χ3n) is 2.35. The molecule has 120 valence electrons. The molecular formula is C14H24N2O5. The monoisotopic (exact) mass is 300 g/mol. The Kier molecular flexibility index (Phi) is 7.48. The standard InChI is InChI=1S/C14H24N2O5/c1-6-7-8-10(12(18)19)16-11(17)9(2)15-13(20)21-14(3,4)5/h6-7,9-10H,8H2,1-5H3,(H,15,20)(H,16,17)(H,18,19)/t9-,10-/m0/s1. The predicted octanol–water partition coefficient (Wildman–Crippen LogP) is 1.44. The summed E-state index contributed by atoms with van der Waals surface area (Å²) in [6.07, 6.45) is 2.79. The number of rotatable bonds is 6. The van der Waals surface area contributed by atoms with Crippen molar-refractivity contribution in [3.05, 3.63) is 12.2 Å². The van der Waals surface area contributed by atoms with Crippen LogP contribution in [0.4, 0.5) is 4.79 Å². The smallest absolute Gasteiger partial charge is 0.408 e. The van der Waals surface area contributed by atoms with Crippen LogP contribution in [0.25, 0.3) is 0 Å². The van der Waals surface area contributed by atoms with E-state index >= 15 is 0 Å². The lowest BCUT2D eigenvalue weighted by atomic mass is 10.2. The van der Waals surface area contributed by atoms with Crippen molar-refractivity contribution in [2.24, 2.45) is 0 Å². The molecule has 7 nitrogen and oxygen atoms in total. The molecular weight excluding hydrogens is 276 g/mol. The Morgan fingerprint density at radius 2 is 1.81 bits per heavy atom. The van der Waals surface area contributed by atoms with E-state index in [0.29, 0.717) is 0 Å². The van der Waals surface area contributed by atoms with Crippen LogP contribution in [0.1, 0.15) is 41.0 Å². The lowest BCUT2D eigenvalue weighted by Gasteiger charge is -2.22. The molecule has 0 aromatic carbocycles. The van der Waals surface area contributed by atoms with E-state index in [2.05, 4.69) is 10.6 Å². The van der Waals surface area contributed by atoms with E-state index in [1.165, 1.54) is 6.92 Å². The quantitative estimate of drug-likeness (QED) is 0.644. The number of alkyl carbamates (subject to hydrolysis) is 1. The molecule has 2 atom stereocenters. The second-order valence-corrected chi connectivity index (χ2v) is 5.57. The van der Waals surface area contributed by atoms with Crippen molar-refractivity contribution in [1.82, 2.24) is 10.6 Å². The van der Waals surface area contributed by atoms with Gasteiger partial charge in [-0.1, -0.05) is 12.2 Å². The van der Waals surface area contributed by atoms with Gasteiger partial charge in [-0.25, -0.2) is 9.59 Å². The number of carboxylic acid groups (broad SMARTS) is 1. The molecule has 0 rings (SSSR count). The molecule has 0 spiro atoms. The van der Waals surface area contributed by atoms with Crippen LogP contribution in [0.15, 0.2) is 12.2 Å². The number of allylic oxidation sites excluding steroid dienone is 1. The van der Waals surface area contributed by atoms with Gasteiger partial charge >= 0.3 is 12.1 Å². The van der Waals surface area contributed by atoms with Crippen molar-refractivity contribution in [2.45, 2.75) is 58.7 Å². The topological polar surface area (TPSA) is 105 Å². The third kappa shape index (κ3) is 8.67. The van der Waals surface area contributed by atoms with Gasteiger partial charge in [-0.15, -0.1) is 0 Å². The van der Waals surface area contributed by atoms with Gasteiger partial charge in [0.25, 0.3) is 0 Å². The summed E-state index contributed by atoms with van der Waals surface area (Å²) in [5.74, 6) is -1.72. The number of amides is 2. The van der Waals surface area contributed by atoms with Crippen LogP contribution in [0.5, 0.6) is 0 Å². The van der Waals surface area contributed by atoms with Gasteiger partial charge in [0.05, 0.1) is 0 Å². The van der Waals surface area contributed by atoms with E-state index in [4.69, 9.17) is 9.84 Å². The van der Waals surface area contributed by atoms with Gasteiger partial charge in [0.1, 0.15) is 17.7 Å². The van der Waals surface area contributed by atoms with Gasteiger partial charge in [0, 0.05) is 0 Å². The minimum absolute atomic E-state index is 0.177. The second-order valence-electron chi connectivity index (χ2n) is 5.57. The maximum absolute atomic E-state index is 11.9. The number of nitrogens with one attached hydrogen (secondary N) is 2. The summed E-state index contributed by atoms with van der Waals surface area (Å²) in [5, 5.41) is 13.7. The van der Waals surface area contributed by atoms with Gasteiger partial charge in [-0.2, -0.15) is 0 Å². The Morgan fingerprint density at radius 3 is 2.24 bits per heavy atom. The Labute approximate surface area is 124 Å². The molecule has 0 fully saturated rings. The molecule has 2 amide bonds. The molecule has 0 heterocycles. The van der Waals surface area contributed by atoms with E-state index in [9.17, 15) is 14.4 Å². The highest BCUT2D eigenvalue weighted by atomic mass is 16.6. The number of carbonyl (C=O) groups is 3. The van der Waals surface area contributed by atoms with Crippen LogP contribution in [-0.2, 0) is 14.3 Å². The first-order chi connectivity index (χ1) is 9.56. The van der Waals surface area contributed by atoms with Crippen LogP contribution in [0, 0.1) is 0 Å². The molecule has 0 aromatic heterocycles. The molecule has 0 aliphatic rings.